The molecule has 1 aromatic carbocycles. The SMILES string of the molecule is Cc1cc(/C=C2/SC(=O)NC2=O)c(C)n1-c1ccc(S(N)(=O)=O)cc1. The third kappa shape index (κ3) is 3.39. The van der Waals surface area contributed by atoms with Gasteiger partial charge >= 0.3 is 0 Å². The highest BCUT2D eigenvalue weighted by atomic mass is 32.2. The molecule has 0 atom stereocenters. The number of primary sulfonamides is 1. The summed E-state index contributed by atoms with van der Waals surface area (Å²) in [6, 6.07) is 8.11. The quantitative estimate of drug-likeness (QED) is 0.796. The molecule has 3 N–H and O–H groups in total. The molecule has 0 saturated carbocycles. The van der Waals surface area contributed by atoms with E-state index in [0.29, 0.717) is 4.91 Å². The maximum Gasteiger partial charge on any atom is 0.290 e. The van der Waals surface area contributed by atoms with Crippen molar-refractivity contribution in [3.63, 3.8) is 0 Å². The first-order chi connectivity index (χ1) is 11.7. The number of benzene rings is 1. The Morgan fingerprint density at radius 3 is 2.32 bits per heavy atom. The number of rotatable bonds is 3. The molecule has 0 bridgehead atoms. The van der Waals surface area contributed by atoms with Crippen molar-refractivity contribution in [2.75, 3.05) is 0 Å². The maximum atomic E-state index is 11.7. The highest BCUT2D eigenvalue weighted by Crippen LogP contribution is 2.29. The molecule has 0 spiro atoms. The number of hydrogen-bond acceptors (Lipinski definition) is 5. The van der Waals surface area contributed by atoms with E-state index in [1.54, 1.807) is 18.2 Å². The number of carbonyl (C=O) groups is 2. The van der Waals surface area contributed by atoms with Crippen molar-refractivity contribution in [2.24, 2.45) is 5.14 Å². The van der Waals surface area contributed by atoms with Crippen molar-refractivity contribution in [1.29, 1.82) is 0 Å². The summed E-state index contributed by atoms with van der Waals surface area (Å²) in [6.07, 6.45) is 1.67. The lowest BCUT2D eigenvalue weighted by Crippen LogP contribution is -2.17. The number of nitrogens with zero attached hydrogens (tertiary/aromatic N) is 1. The number of carbonyl (C=O) groups excluding carboxylic acids is 2. The van der Waals surface area contributed by atoms with Crippen LogP contribution in [0.2, 0.25) is 0 Å². The minimum atomic E-state index is -3.74. The molecular weight excluding hydrogens is 362 g/mol. The molecule has 0 radical (unpaired) electrons. The van der Waals surface area contributed by atoms with Crippen molar-refractivity contribution >= 4 is 39.0 Å². The van der Waals surface area contributed by atoms with Gasteiger partial charge in [-0.2, -0.15) is 0 Å². The van der Waals surface area contributed by atoms with Gasteiger partial charge in [-0.3, -0.25) is 14.9 Å². The summed E-state index contributed by atoms with van der Waals surface area (Å²) in [5.41, 5.74) is 3.34. The van der Waals surface area contributed by atoms with Crippen molar-refractivity contribution in [3.05, 3.63) is 52.2 Å². The van der Waals surface area contributed by atoms with Crippen LogP contribution < -0.4 is 10.5 Å². The summed E-state index contributed by atoms with van der Waals surface area (Å²) in [4.78, 5) is 23.4. The predicted octanol–water partition coefficient (Wildman–Crippen LogP) is 2.07. The predicted molar refractivity (Wildman–Crippen MR) is 95.7 cm³/mol. The molecular formula is C16H15N3O4S2. The van der Waals surface area contributed by atoms with Crippen LogP contribution in [0.15, 0.2) is 40.1 Å². The lowest BCUT2D eigenvalue weighted by atomic mass is 10.2. The molecule has 0 aliphatic carbocycles. The molecule has 2 amide bonds. The van der Waals surface area contributed by atoms with E-state index in [-0.39, 0.29) is 10.1 Å². The number of hydrogen-bond donors (Lipinski definition) is 2. The van der Waals surface area contributed by atoms with Crippen molar-refractivity contribution in [1.82, 2.24) is 9.88 Å². The summed E-state index contributed by atoms with van der Waals surface area (Å²) in [5, 5.41) is 6.95. The Morgan fingerprint density at radius 2 is 1.80 bits per heavy atom. The van der Waals surface area contributed by atoms with Crippen LogP contribution in [0.5, 0.6) is 0 Å². The second-order valence-electron chi connectivity index (χ2n) is 5.55. The first kappa shape index (κ1) is 17.5. The first-order valence-electron chi connectivity index (χ1n) is 7.24. The monoisotopic (exact) mass is 377 g/mol. The number of thioether (sulfide) groups is 1. The fourth-order valence-corrected chi connectivity index (χ4v) is 3.87. The minimum Gasteiger partial charge on any atom is -0.318 e. The summed E-state index contributed by atoms with van der Waals surface area (Å²) >= 11 is 0.865. The van der Waals surface area contributed by atoms with Crippen molar-refractivity contribution < 1.29 is 18.0 Å². The third-order valence-corrected chi connectivity index (χ3v) is 5.56. The van der Waals surface area contributed by atoms with Crippen LogP contribution in [-0.2, 0) is 14.8 Å². The molecule has 1 aromatic heterocycles. The summed E-state index contributed by atoms with van der Waals surface area (Å²) in [7, 11) is -3.74. The second kappa shape index (κ2) is 6.17. The maximum absolute atomic E-state index is 11.7. The molecule has 0 unspecified atom stereocenters. The first-order valence-corrected chi connectivity index (χ1v) is 9.60. The molecule has 2 aromatic rings. The molecule has 130 valence electrons. The number of nitrogens with two attached hydrogens (primary N) is 1. The van der Waals surface area contributed by atoms with E-state index in [0.717, 1.165) is 34.4 Å². The van der Waals surface area contributed by atoms with E-state index in [1.165, 1.54) is 12.1 Å². The van der Waals surface area contributed by atoms with E-state index < -0.39 is 15.9 Å². The minimum absolute atomic E-state index is 0.0404. The van der Waals surface area contributed by atoms with Gasteiger partial charge in [-0.05, 0) is 67.6 Å². The van der Waals surface area contributed by atoms with Gasteiger partial charge in [-0.1, -0.05) is 0 Å². The summed E-state index contributed by atoms with van der Waals surface area (Å²) in [5.74, 6) is -0.405. The molecule has 1 saturated heterocycles. The molecule has 1 aliphatic heterocycles. The van der Waals surface area contributed by atoms with Gasteiger partial charge in [0.1, 0.15) is 0 Å². The molecule has 9 heteroatoms. The molecule has 25 heavy (non-hydrogen) atoms. The Balaban J connectivity index is 2.02. The van der Waals surface area contributed by atoms with Crippen LogP contribution in [0.3, 0.4) is 0 Å². The number of sulfonamides is 1. The lowest BCUT2D eigenvalue weighted by Gasteiger charge is -2.10. The van der Waals surface area contributed by atoms with Crippen LogP contribution in [0, 0.1) is 13.8 Å². The van der Waals surface area contributed by atoms with Gasteiger partial charge in [0.15, 0.2) is 0 Å². The Kier molecular flexibility index (Phi) is 4.31. The van der Waals surface area contributed by atoms with Crippen LogP contribution in [0.4, 0.5) is 4.79 Å². The van der Waals surface area contributed by atoms with Gasteiger partial charge in [0.05, 0.1) is 9.80 Å². The Hall–Kier alpha value is -2.36. The van der Waals surface area contributed by atoms with Crippen LogP contribution >= 0.6 is 11.8 Å². The smallest absolute Gasteiger partial charge is 0.290 e. The van der Waals surface area contributed by atoms with E-state index in [9.17, 15) is 18.0 Å². The van der Waals surface area contributed by atoms with E-state index >= 15 is 0 Å². The standard InChI is InChI=1S/C16H15N3O4S2/c1-9-7-11(8-14-15(20)18-16(21)24-14)10(2)19(9)12-3-5-13(6-4-12)25(17,22)23/h3-8H,1-2H3,(H2,17,22,23)(H,18,20,21)/b14-8+. The number of nitrogens with one attached hydrogen (secondary N) is 1. The Bertz CT molecular complexity index is 1020. The molecule has 1 aliphatic rings. The van der Waals surface area contributed by atoms with Crippen LogP contribution in [0.1, 0.15) is 17.0 Å². The summed E-state index contributed by atoms with van der Waals surface area (Å²) < 4.78 is 24.7. The highest BCUT2D eigenvalue weighted by molar-refractivity contribution is 8.18. The summed E-state index contributed by atoms with van der Waals surface area (Å²) in [6.45, 7) is 3.78. The van der Waals surface area contributed by atoms with Gasteiger partial charge in [-0.25, -0.2) is 13.6 Å². The zero-order valence-corrected chi connectivity index (χ0v) is 15.1. The van der Waals surface area contributed by atoms with Gasteiger partial charge in [0.2, 0.25) is 10.0 Å². The van der Waals surface area contributed by atoms with Gasteiger partial charge in [0.25, 0.3) is 11.1 Å². The van der Waals surface area contributed by atoms with Gasteiger partial charge < -0.3 is 4.57 Å². The normalized spacial score (nSPS) is 16.5. The number of imide groups is 1. The second-order valence-corrected chi connectivity index (χ2v) is 8.13. The van der Waals surface area contributed by atoms with Gasteiger partial charge in [-0.15, -0.1) is 0 Å². The van der Waals surface area contributed by atoms with Gasteiger partial charge in [0, 0.05) is 17.1 Å². The van der Waals surface area contributed by atoms with E-state index in [2.05, 4.69) is 5.32 Å². The topological polar surface area (TPSA) is 111 Å². The zero-order chi connectivity index (χ0) is 18.4. The number of aromatic nitrogens is 1. The highest BCUT2D eigenvalue weighted by Gasteiger charge is 2.25. The average molecular weight is 377 g/mol. The number of aryl methyl sites for hydroxylation is 1. The molecule has 3 rings (SSSR count). The third-order valence-electron chi connectivity index (χ3n) is 3.82. The van der Waals surface area contributed by atoms with E-state index in [1.807, 2.05) is 24.5 Å². The molecule has 1 fully saturated rings. The largest absolute Gasteiger partial charge is 0.318 e. The number of amides is 2. The fourth-order valence-electron chi connectivity index (χ4n) is 2.68. The van der Waals surface area contributed by atoms with Crippen LogP contribution in [-0.4, -0.2) is 24.1 Å². The van der Waals surface area contributed by atoms with Crippen LogP contribution in [0.25, 0.3) is 11.8 Å². The van der Waals surface area contributed by atoms with Crippen molar-refractivity contribution in [2.45, 2.75) is 18.7 Å². The Morgan fingerprint density at radius 1 is 1.16 bits per heavy atom. The molecule has 7 nitrogen and oxygen atoms in total. The van der Waals surface area contributed by atoms with Crippen molar-refractivity contribution in [3.8, 4) is 5.69 Å². The zero-order valence-electron chi connectivity index (χ0n) is 13.4. The lowest BCUT2D eigenvalue weighted by molar-refractivity contribution is -0.115. The fraction of sp³-hybridized carbons (Fsp3) is 0.125. The molecule has 2 heterocycles. The van der Waals surface area contributed by atoms with E-state index in [4.69, 9.17) is 5.14 Å². The average Bonchev–Trinajstić information content (AvgIpc) is 2.98. The Labute approximate surface area is 148 Å².